The van der Waals surface area contributed by atoms with Gasteiger partial charge in [0.2, 0.25) is 12.7 Å². The maximum Gasteiger partial charge on any atom is 0.410 e. The quantitative estimate of drug-likeness (QED) is 0.719. The molecular weight excluding hydrogens is 408 g/mol. The average molecular weight is 434 g/mol. The number of nitrogens with one attached hydrogen (secondary N) is 1. The third kappa shape index (κ3) is 5.14. The largest absolute Gasteiger partial charge is 0.454 e. The summed E-state index contributed by atoms with van der Waals surface area (Å²) in [7, 11) is 0. The number of hydrogen-bond acceptors (Lipinski definition) is 5. The van der Waals surface area contributed by atoms with Crippen LogP contribution in [-0.4, -0.2) is 41.9 Å². The van der Waals surface area contributed by atoms with Gasteiger partial charge < -0.3 is 19.5 Å². The fourth-order valence-electron chi connectivity index (χ4n) is 3.56. The molecule has 32 heavy (non-hydrogen) atoms. The second kappa shape index (κ2) is 8.83. The van der Waals surface area contributed by atoms with E-state index in [-0.39, 0.29) is 12.7 Å². The first-order valence-corrected chi connectivity index (χ1v) is 10.6. The molecule has 7 nitrogen and oxygen atoms in total. The first-order chi connectivity index (χ1) is 15.3. The molecule has 0 radical (unpaired) electrons. The minimum Gasteiger partial charge on any atom is -0.454 e. The van der Waals surface area contributed by atoms with Crippen molar-refractivity contribution >= 4 is 17.7 Å². The number of amides is 2. The lowest BCUT2D eigenvalue weighted by molar-refractivity contribution is -0.120. The Hall–Kier alpha value is -3.66. The highest BCUT2D eigenvalue weighted by Gasteiger charge is 2.36. The second-order valence-electron chi connectivity index (χ2n) is 8.72. The highest BCUT2D eigenvalue weighted by Crippen LogP contribution is 2.32. The van der Waals surface area contributed by atoms with Crippen molar-refractivity contribution in [2.45, 2.75) is 45.3 Å². The van der Waals surface area contributed by atoms with Crippen molar-refractivity contribution in [2.75, 3.05) is 18.7 Å². The van der Waals surface area contributed by atoms with Crippen LogP contribution in [0.1, 0.15) is 44.7 Å². The van der Waals surface area contributed by atoms with Crippen molar-refractivity contribution in [3.8, 4) is 23.3 Å². The first-order valence-electron chi connectivity index (χ1n) is 10.6. The second-order valence-corrected chi connectivity index (χ2v) is 8.72. The number of nitrogens with zero attached hydrogens (tertiary/aromatic N) is 1. The smallest absolute Gasteiger partial charge is 0.410 e. The van der Waals surface area contributed by atoms with E-state index in [1.165, 1.54) is 4.90 Å². The van der Waals surface area contributed by atoms with Crippen molar-refractivity contribution in [1.29, 1.82) is 0 Å². The van der Waals surface area contributed by atoms with E-state index < -0.39 is 17.7 Å². The van der Waals surface area contributed by atoms with Crippen LogP contribution in [0.2, 0.25) is 0 Å². The molecular formula is C25H26N2O5. The Kier molecular flexibility index (Phi) is 5.95. The molecule has 2 aromatic carbocycles. The summed E-state index contributed by atoms with van der Waals surface area (Å²) in [5.74, 6) is 7.41. The lowest BCUT2D eigenvalue weighted by Gasteiger charge is -2.28. The number of rotatable bonds is 2. The summed E-state index contributed by atoms with van der Waals surface area (Å²) in [6.07, 6.45) is 0.930. The molecule has 1 saturated heterocycles. The van der Waals surface area contributed by atoms with E-state index in [2.05, 4.69) is 17.2 Å². The van der Waals surface area contributed by atoms with Crippen molar-refractivity contribution in [2.24, 2.45) is 0 Å². The van der Waals surface area contributed by atoms with Crippen LogP contribution >= 0.6 is 0 Å². The van der Waals surface area contributed by atoms with Gasteiger partial charge in [0.1, 0.15) is 11.6 Å². The normalized spacial score (nSPS) is 16.8. The van der Waals surface area contributed by atoms with Gasteiger partial charge in [-0.2, -0.15) is 0 Å². The molecule has 0 aliphatic carbocycles. The van der Waals surface area contributed by atoms with Gasteiger partial charge in [-0.1, -0.05) is 11.8 Å². The van der Waals surface area contributed by atoms with Crippen LogP contribution in [0.4, 0.5) is 10.5 Å². The van der Waals surface area contributed by atoms with E-state index >= 15 is 0 Å². The molecule has 1 atom stereocenters. The fourth-order valence-corrected chi connectivity index (χ4v) is 3.56. The van der Waals surface area contributed by atoms with Gasteiger partial charge in [-0.05, 0) is 76.1 Å². The summed E-state index contributed by atoms with van der Waals surface area (Å²) < 4.78 is 16.1. The lowest BCUT2D eigenvalue weighted by atomic mass is 10.1. The van der Waals surface area contributed by atoms with Crippen LogP contribution in [0.25, 0.3) is 0 Å². The minimum absolute atomic E-state index is 0.215. The van der Waals surface area contributed by atoms with Crippen molar-refractivity contribution in [3.05, 3.63) is 53.6 Å². The van der Waals surface area contributed by atoms with E-state index in [0.717, 1.165) is 23.3 Å². The van der Waals surface area contributed by atoms with Gasteiger partial charge in [0.15, 0.2) is 11.5 Å². The molecule has 0 bridgehead atoms. The molecule has 1 N–H and O–H groups in total. The third-order valence-corrected chi connectivity index (χ3v) is 5.06. The van der Waals surface area contributed by atoms with E-state index in [1.807, 2.05) is 51.1 Å². The van der Waals surface area contributed by atoms with Crippen LogP contribution in [-0.2, 0) is 9.53 Å². The lowest BCUT2D eigenvalue weighted by Crippen LogP contribution is -2.45. The van der Waals surface area contributed by atoms with E-state index in [4.69, 9.17) is 14.2 Å². The van der Waals surface area contributed by atoms with Gasteiger partial charge in [-0.25, -0.2) is 4.79 Å². The van der Waals surface area contributed by atoms with E-state index in [9.17, 15) is 9.59 Å². The number of fused-ring (bicyclic) bond motifs is 1. The molecule has 166 valence electrons. The topological polar surface area (TPSA) is 77.1 Å². The van der Waals surface area contributed by atoms with E-state index in [0.29, 0.717) is 24.4 Å². The van der Waals surface area contributed by atoms with E-state index in [1.54, 1.807) is 12.1 Å². The molecule has 2 heterocycles. The Morgan fingerprint density at radius 1 is 1.03 bits per heavy atom. The van der Waals surface area contributed by atoms with Crippen LogP contribution in [0.15, 0.2) is 42.5 Å². The minimum atomic E-state index is -0.599. The summed E-state index contributed by atoms with van der Waals surface area (Å²) in [6, 6.07) is 12.3. The summed E-state index contributed by atoms with van der Waals surface area (Å²) in [6.45, 7) is 6.18. The Morgan fingerprint density at radius 2 is 1.72 bits per heavy atom. The summed E-state index contributed by atoms with van der Waals surface area (Å²) in [5.41, 5.74) is 1.70. The fraction of sp³-hybridized carbons (Fsp3) is 0.360. The van der Waals surface area contributed by atoms with Crippen molar-refractivity contribution < 1.29 is 23.8 Å². The predicted molar refractivity (Wildman–Crippen MR) is 120 cm³/mol. The Bertz CT molecular complexity index is 1080. The molecule has 0 spiro atoms. The summed E-state index contributed by atoms with van der Waals surface area (Å²) in [5, 5.41) is 2.89. The number of ether oxygens (including phenoxy) is 3. The highest BCUT2D eigenvalue weighted by molar-refractivity contribution is 5.96. The predicted octanol–water partition coefficient (Wildman–Crippen LogP) is 4.15. The summed E-state index contributed by atoms with van der Waals surface area (Å²) in [4.78, 5) is 26.7. The number of carbonyl (C=O) groups is 2. The summed E-state index contributed by atoms with van der Waals surface area (Å²) >= 11 is 0. The molecule has 0 saturated carbocycles. The van der Waals surface area contributed by atoms with Gasteiger partial charge >= 0.3 is 6.09 Å². The van der Waals surface area contributed by atoms with Gasteiger partial charge in [0.05, 0.1) is 0 Å². The zero-order valence-electron chi connectivity index (χ0n) is 18.4. The maximum atomic E-state index is 12.8. The standard InChI is InChI=1S/C25H26N2O5/c1-25(2,3)32-24(29)27-14-4-5-20(27)23(28)26-19-11-8-17(9-12-19)6-7-18-10-13-21-22(15-18)31-16-30-21/h8-13,15,20H,4-5,14,16H2,1-3H3,(H,26,28)/t20-/m1/s1. The molecule has 4 rings (SSSR count). The molecule has 2 amide bonds. The van der Waals surface area contributed by atoms with Crippen LogP contribution in [0.5, 0.6) is 11.5 Å². The Morgan fingerprint density at radius 3 is 2.47 bits per heavy atom. The van der Waals surface area contributed by atoms with Crippen molar-refractivity contribution in [1.82, 2.24) is 4.90 Å². The zero-order chi connectivity index (χ0) is 22.7. The van der Waals surface area contributed by atoms with Gasteiger partial charge in [-0.15, -0.1) is 0 Å². The number of benzene rings is 2. The number of hydrogen-bond donors (Lipinski definition) is 1. The van der Waals surface area contributed by atoms with Crippen LogP contribution in [0, 0.1) is 11.8 Å². The SMILES string of the molecule is CC(C)(C)OC(=O)N1CCC[C@@H]1C(=O)Nc1ccc(C#Cc2ccc3c(c2)OCO3)cc1. The molecule has 7 heteroatoms. The molecule has 0 aromatic heterocycles. The highest BCUT2D eigenvalue weighted by atomic mass is 16.7. The zero-order valence-corrected chi connectivity index (χ0v) is 18.4. The van der Waals surface area contributed by atoms with Gasteiger partial charge in [0.25, 0.3) is 0 Å². The number of carbonyl (C=O) groups excluding carboxylic acids is 2. The number of likely N-dealkylation sites (tertiary alicyclic amines) is 1. The molecule has 0 unspecified atom stereocenters. The Labute approximate surface area is 187 Å². The third-order valence-electron chi connectivity index (χ3n) is 5.06. The van der Waals surface area contributed by atoms with Gasteiger partial charge in [-0.3, -0.25) is 9.69 Å². The molecule has 2 aromatic rings. The molecule has 2 aliphatic rings. The van der Waals surface area contributed by atoms with Crippen LogP contribution < -0.4 is 14.8 Å². The van der Waals surface area contributed by atoms with Crippen LogP contribution in [0.3, 0.4) is 0 Å². The van der Waals surface area contributed by atoms with Gasteiger partial charge in [0, 0.05) is 23.4 Å². The Balaban J connectivity index is 1.37. The number of anilines is 1. The monoisotopic (exact) mass is 434 g/mol. The first kappa shape index (κ1) is 21.6. The maximum absolute atomic E-state index is 12.8. The van der Waals surface area contributed by atoms with Crippen molar-refractivity contribution in [3.63, 3.8) is 0 Å². The average Bonchev–Trinajstić information content (AvgIpc) is 3.41. The molecule has 1 fully saturated rings. The molecule has 2 aliphatic heterocycles.